The Bertz CT molecular complexity index is 344. The van der Waals surface area contributed by atoms with E-state index >= 15 is 0 Å². The molecule has 1 aliphatic rings. The van der Waals surface area contributed by atoms with Crippen molar-refractivity contribution in [2.75, 3.05) is 5.75 Å². The van der Waals surface area contributed by atoms with Crippen molar-refractivity contribution in [3.8, 4) is 0 Å². The van der Waals surface area contributed by atoms with E-state index in [1.54, 1.807) is 0 Å². The second kappa shape index (κ2) is 6.35. The summed E-state index contributed by atoms with van der Waals surface area (Å²) in [7, 11) is -3.69. The molecule has 5 nitrogen and oxygen atoms in total. The highest BCUT2D eigenvalue weighted by Gasteiger charge is 2.24. The molecule has 1 saturated carbocycles. The molecule has 0 bridgehead atoms. The van der Waals surface area contributed by atoms with Gasteiger partial charge in [-0.25, -0.2) is 13.1 Å². The summed E-state index contributed by atoms with van der Waals surface area (Å²) >= 11 is 0. The van der Waals surface area contributed by atoms with E-state index in [9.17, 15) is 13.2 Å². The summed E-state index contributed by atoms with van der Waals surface area (Å²) < 4.78 is 25.5. The maximum atomic E-state index is 11.5. The molecule has 100 valence electrons. The molecule has 1 atom stereocenters. The van der Waals surface area contributed by atoms with Gasteiger partial charge in [0, 0.05) is 6.04 Å². The molecule has 0 amide bonds. The van der Waals surface area contributed by atoms with Gasteiger partial charge in [-0.1, -0.05) is 25.7 Å². The maximum Gasteiger partial charge on any atom is 0.320 e. The van der Waals surface area contributed by atoms with E-state index in [4.69, 9.17) is 5.11 Å². The molecule has 2 N–H and O–H groups in total. The number of carbonyl (C=O) groups is 1. The smallest absolute Gasteiger partial charge is 0.320 e. The summed E-state index contributed by atoms with van der Waals surface area (Å²) in [5.41, 5.74) is 0. The summed E-state index contributed by atoms with van der Waals surface area (Å²) in [5.74, 6) is -1.82. The Morgan fingerprint density at radius 3 is 2.29 bits per heavy atom. The van der Waals surface area contributed by atoms with Gasteiger partial charge in [0.05, 0.1) is 0 Å². The third-order valence-electron chi connectivity index (χ3n) is 3.29. The van der Waals surface area contributed by atoms with E-state index in [-0.39, 0.29) is 6.04 Å². The van der Waals surface area contributed by atoms with Gasteiger partial charge in [-0.15, -0.1) is 0 Å². The molecule has 6 heteroatoms. The summed E-state index contributed by atoms with van der Waals surface area (Å²) in [6.07, 6.45) is 6.75. The van der Waals surface area contributed by atoms with Crippen LogP contribution in [0.25, 0.3) is 0 Å². The normalized spacial score (nSPS) is 20.8. The van der Waals surface area contributed by atoms with Gasteiger partial charge in [0.2, 0.25) is 10.0 Å². The summed E-state index contributed by atoms with van der Waals surface area (Å²) in [6.45, 7) is 1.83. The first-order chi connectivity index (χ1) is 7.91. The van der Waals surface area contributed by atoms with Crippen molar-refractivity contribution in [2.45, 2.75) is 51.5 Å². The fourth-order valence-corrected chi connectivity index (χ4v) is 3.56. The number of aliphatic carboxylic acids is 1. The predicted molar refractivity (Wildman–Crippen MR) is 65.2 cm³/mol. The number of sulfonamides is 1. The van der Waals surface area contributed by atoms with Crippen LogP contribution in [0.3, 0.4) is 0 Å². The largest absolute Gasteiger partial charge is 0.480 e. The summed E-state index contributed by atoms with van der Waals surface area (Å²) in [4.78, 5) is 10.4. The quantitative estimate of drug-likeness (QED) is 0.733. The number of carboxylic acid groups (broad SMARTS) is 1. The van der Waals surface area contributed by atoms with E-state index < -0.39 is 21.7 Å². The zero-order chi connectivity index (χ0) is 12.9. The first kappa shape index (κ1) is 14.4. The Kier molecular flexibility index (Phi) is 5.39. The van der Waals surface area contributed by atoms with E-state index in [0.717, 1.165) is 25.7 Å². The van der Waals surface area contributed by atoms with Crippen LogP contribution in [0.1, 0.15) is 45.4 Å². The predicted octanol–water partition coefficient (Wildman–Crippen LogP) is 1.35. The van der Waals surface area contributed by atoms with Crippen LogP contribution in [0.5, 0.6) is 0 Å². The van der Waals surface area contributed by atoms with Gasteiger partial charge >= 0.3 is 5.97 Å². The molecule has 0 aromatic heterocycles. The average Bonchev–Trinajstić information content (AvgIpc) is 2.41. The van der Waals surface area contributed by atoms with Crippen LogP contribution < -0.4 is 4.72 Å². The number of hydrogen-bond acceptors (Lipinski definition) is 3. The van der Waals surface area contributed by atoms with Crippen LogP contribution >= 0.6 is 0 Å². The van der Waals surface area contributed by atoms with Crippen molar-refractivity contribution in [3.63, 3.8) is 0 Å². The summed E-state index contributed by atoms with van der Waals surface area (Å²) in [5, 5.41) is 8.50. The zero-order valence-electron chi connectivity index (χ0n) is 10.2. The van der Waals surface area contributed by atoms with Gasteiger partial charge in [-0.2, -0.15) is 0 Å². The van der Waals surface area contributed by atoms with Crippen LogP contribution in [-0.2, 0) is 14.8 Å². The Morgan fingerprint density at radius 2 is 1.82 bits per heavy atom. The van der Waals surface area contributed by atoms with Crippen LogP contribution in [0.4, 0.5) is 0 Å². The molecule has 0 heterocycles. The van der Waals surface area contributed by atoms with Crippen LogP contribution in [0, 0.1) is 5.92 Å². The average molecular weight is 263 g/mol. The molecule has 0 aliphatic heterocycles. The molecule has 0 unspecified atom stereocenters. The van der Waals surface area contributed by atoms with Crippen molar-refractivity contribution >= 4 is 16.0 Å². The monoisotopic (exact) mass is 263 g/mol. The Labute approximate surface area is 103 Å². The van der Waals surface area contributed by atoms with E-state index in [0.29, 0.717) is 5.92 Å². The molecule has 1 aliphatic carbocycles. The number of nitrogens with one attached hydrogen (secondary N) is 1. The van der Waals surface area contributed by atoms with Crippen LogP contribution in [0.15, 0.2) is 0 Å². The fourth-order valence-electron chi connectivity index (χ4n) is 2.39. The minimum atomic E-state index is -3.69. The molecule has 0 saturated heterocycles. The SMILES string of the molecule is C[C@@H](NS(=O)(=O)CC(=O)O)C1CCCCCC1. The first-order valence-corrected chi connectivity index (χ1v) is 7.78. The lowest BCUT2D eigenvalue weighted by Gasteiger charge is -2.22. The van der Waals surface area contributed by atoms with E-state index in [1.165, 1.54) is 12.8 Å². The molecular weight excluding hydrogens is 242 g/mol. The lowest BCUT2D eigenvalue weighted by atomic mass is 9.94. The third kappa shape index (κ3) is 5.50. The zero-order valence-corrected chi connectivity index (χ0v) is 11.0. The Morgan fingerprint density at radius 1 is 1.29 bits per heavy atom. The van der Waals surface area contributed by atoms with Crippen molar-refractivity contribution < 1.29 is 18.3 Å². The van der Waals surface area contributed by atoms with Gasteiger partial charge in [0.1, 0.15) is 0 Å². The number of rotatable bonds is 5. The van der Waals surface area contributed by atoms with Gasteiger partial charge < -0.3 is 5.11 Å². The van der Waals surface area contributed by atoms with Gasteiger partial charge in [-0.05, 0) is 25.7 Å². The lowest BCUT2D eigenvalue weighted by Crippen LogP contribution is -2.40. The van der Waals surface area contributed by atoms with Crippen molar-refractivity contribution in [1.82, 2.24) is 4.72 Å². The highest BCUT2D eigenvalue weighted by molar-refractivity contribution is 7.90. The Balaban J connectivity index is 2.52. The highest BCUT2D eigenvalue weighted by Crippen LogP contribution is 2.25. The second-order valence-electron chi connectivity index (χ2n) is 4.81. The number of hydrogen-bond donors (Lipinski definition) is 2. The molecule has 17 heavy (non-hydrogen) atoms. The standard InChI is InChI=1S/C11H21NO4S/c1-9(10-6-4-2-3-5-7-10)12-17(15,16)8-11(13)14/h9-10,12H,2-8H2,1H3,(H,13,14)/t9-/m1/s1. The van der Waals surface area contributed by atoms with Gasteiger partial charge in [-0.3, -0.25) is 4.79 Å². The molecule has 0 spiro atoms. The molecule has 0 aromatic rings. The fraction of sp³-hybridized carbons (Fsp3) is 0.909. The van der Waals surface area contributed by atoms with Crippen molar-refractivity contribution in [3.05, 3.63) is 0 Å². The second-order valence-corrected chi connectivity index (χ2v) is 6.56. The molecular formula is C11H21NO4S. The topological polar surface area (TPSA) is 83.5 Å². The highest BCUT2D eigenvalue weighted by atomic mass is 32.2. The first-order valence-electron chi connectivity index (χ1n) is 6.12. The van der Waals surface area contributed by atoms with Crippen molar-refractivity contribution in [2.24, 2.45) is 5.92 Å². The minimum Gasteiger partial charge on any atom is -0.480 e. The van der Waals surface area contributed by atoms with Crippen LogP contribution in [-0.4, -0.2) is 31.3 Å². The third-order valence-corrected chi connectivity index (χ3v) is 4.64. The van der Waals surface area contributed by atoms with E-state index in [1.807, 2.05) is 6.92 Å². The minimum absolute atomic E-state index is 0.169. The van der Waals surface area contributed by atoms with Gasteiger partial charge in [0.25, 0.3) is 0 Å². The van der Waals surface area contributed by atoms with Crippen LogP contribution in [0.2, 0.25) is 0 Å². The molecule has 0 radical (unpaired) electrons. The number of carboxylic acids is 1. The molecule has 1 rings (SSSR count). The lowest BCUT2D eigenvalue weighted by molar-refractivity contribution is -0.134. The van der Waals surface area contributed by atoms with E-state index in [2.05, 4.69) is 4.72 Å². The Hall–Kier alpha value is -0.620. The molecule has 1 fully saturated rings. The summed E-state index contributed by atoms with van der Waals surface area (Å²) in [6, 6.07) is -0.169. The maximum absolute atomic E-state index is 11.5. The van der Waals surface area contributed by atoms with Crippen molar-refractivity contribution in [1.29, 1.82) is 0 Å². The molecule has 0 aromatic carbocycles. The van der Waals surface area contributed by atoms with Gasteiger partial charge in [0.15, 0.2) is 5.75 Å².